The Kier molecular flexibility index (Phi) is 4.84. The van der Waals surface area contributed by atoms with E-state index in [2.05, 4.69) is 5.32 Å². The summed E-state index contributed by atoms with van der Waals surface area (Å²) in [6.45, 7) is 3.96. The van der Waals surface area contributed by atoms with Gasteiger partial charge in [-0.15, -0.1) is 0 Å². The number of furan rings is 1. The van der Waals surface area contributed by atoms with Crippen molar-refractivity contribution in [2.75, 3.05) is 5.32 Å². The average molecular weight is 350 g/mol. The van der Waals surface area contributed by atoms with Crippen molar-refractivity contribution < 1.29 is 14.1 Å². The summed E-state index contributed by atoms with van der Waals surface area (Å²) in [5.74, 6) is 0.196. The van der Waals surface area contributed by atoms with Gasteiger partial charge in [0.1, 0.15) is 5.76 Å². The topological polar surface area (TPSA) is 85.4 Å². The SMILES string of the molecule is CCc1cccc(C)c1NC(=O)c1ccc(-c2cccc([N+](=O)[O-])c2)o1. The minimum absolute atomic E-state index is 0.0302. The number of carbonyl (C=O) groups excluding carboxylic acids is 1. The molecule has 0 aliphatic heterocycles. The number of nitro benzene ring substituents is 1. The lowest BCUT2D eigenvalue weighted by molar-refractivity contribution is -0.384. The fourth-order valence-corrected chi connectivity index (χ4v) is 2.76. The molecule has 26 heavy (non-hydrogen) atoms. The molecule has 0 saturated carbocycles. The van der Waals surface area contributed by atoms with Crippen LogP contribution in [0.25, 0.3) is 11.3 Å². The predicted octanol–water partition coefficient (Wildman–Crippen LogP) is 4.98. The van der Waals surface area contributed by atoms with Crippen molar-refractivity contribution in [3.63, 3.8) is 0 Å². The molecule has 2 aromatic carbocycles. The first-order valence-corrected chi connectivity index (χ1v) is 8.24. The summed E-state index contributed by atoms with van der Waals surface area (Å²) in [6.07, 6.45) is 0.800. The summed E-state index contributed by atoms with van der Waals surface area (Å²) >= 11 is 0. The zero-order chi connectivity index (χ0) is 18.7. The molecule has 0 bridgehead atoms. The number of anilines is 1. The maximum Gasteiger partial charge on any atom is 0.291 e. The summed E-state index contributed by atoms with van der Waals surface area (Å²) in [5, 5.41) is 13.8. The number of aryl methyl sites for hydroxylation is 2. The van der Waals surface area contributed by atoms with Gasteiger partial charge in [-0.05, 0) is 36.6 Å². The fourth-order valence-electron chi connectivity index (χ4n) is 2.76. The Morgan fingerprint density at radius 2 is 1.92 bits per heavy atom. The fraction of sp³-hybridized carbons (Fsp3) is 0.150. The average Bonchev–Trinajstić information content (AvgIpc) is 3.13. The van der Waals surface area contributed by atoms with Crippen molar-refractivity contribution in [3.05, 3.63) is 81.6 Å². The molecule has 1 N–H and O–H groups in total. The van der Waals surface area contributed by atoms with Crippen LogP contribution in [0, 0.1) is 17.0 Å². The van der Waals surface area contributed by atoms with E-state index in [-0.39, 0.29) is 17.4 Å². The van der Waals surface area contributed by atoms with Crippen LogP contribution < -0.4 is 5.32 Å². The quantitative estimate of drug-likeness (QED) is 0.519. The molecule has 6 nitrogen and oxygen atoms in total. The maximum absolute atomic E-state index is 12.5. The summed E-state index contributed by atoms with van der Waals surface area (Å²) in [4.78, 5) is 23.0. The number of hydrogen-bond donors (Lipinski definition) is 1. The number of nitrogens with one attached hydrogen (secondary N) is 1. The van der Waals surface area contributed by atoms with Crippen molar-refractivity contribution in [1.29, 1.82) is 0 Å². The highest BCUT2D eigenvalue weighted by Crippen LogP contribution is 2.27. The molecule has 3 rings (SSSR count). The lowest BCUT2D eigenvalue weighted by Crippen LogP contribution is -2.13. The molecule has 1 aromatic heterocycles. The minimum Gasteiger partial charge on any atom is -0.451 e. The van der Waals surface area contributed by atoms with Crippen LogP contribution in [-0.4, -0.2) is 10.8 Å². The molecule has 0 atom stereocenters. The second-order valence-electron chi connectivity index (χ2n) is 5.89. The second-order valence-corrected chi connectivity index (χ2v) is 5.89. The Morgan fingerprint density at radius 3 is 2.65 bits per heavy atom. The van der Waals surface area contributed by atoms with Gasteiger partial charge < -0.3 is 9.73 Å². The van der Waals surface area contributed by atoms with Gasteiger partial charge in [-0.3, -0.25) is 14.9 Å². The normalized spacial score (nSPS) is 10.5. The molecule has 0 saturated heterocycles. The van der Waals surface area contributed by atoms with Crippen molar-refractivity contribution in [1.82, 2.24) is 0 Å². The van der Waals surface area contributed by atoms with Gasteiger partial charge in [-0.1, -0.05) is 37.3 Å². The summed E-state index contributed by atoms with van der Waals surface area (Å²) in [6, 6.07) is 15.2. The standard InChI is InChI=1S/C20H18N2O4/c1-3-14-7-4-6-13(2)19(14)21-20(23)18-11-10-17(26-18)15-8-5-9-16(12-15)22(24)25/h4-12H,3H2,1-2H3,(H,21,23). The first-order chi connectivity index (χ1) is 12.5. The van der Waals surface area contributed by atoms with E-state index in [0.29, 0.717) is 11.3 Å². The van der Waals surface area contributed by atoms with Gasteiger partial charge in [0, 0.05) is 23.4 Å². The largest absolute Gasteiger partial charge is 0.451 e. The number of nitrogens with zero attached hydrogens (tertiary/aromatic N) is 1. The molecule has 6 heteroatoms. The third-order valence-electron chi connectivity index (χ3n) is 4.15. The van der Waals surface area contributed by atoms with Gasteiger partial charge >= 0.3 is 0 Å². The number of carbonyl (C=O) groups is 1. The van der Waals surface area contributed by atoms with E-state index in [1.165, 1.54) is 12.1 Å². The predicted molar refractivity (Wildman–Crippen MR) is 99.3 cm³/mol. The van der Waals surface area contributed by atoms with E-state index in [4.69, 9.17) is 4.42 Å². The molecule has 0 unspecified atom stereocenters. The Morgan fingerprint density at radius 1 is 1.15 bits per heavy atom. The molecule has 3 aromatic rings. The Balaban J connectivity index is 1.85. The van der Waals surface area contributed by atoms with Gasteiger partial charge in [-0.25, -0.2) is 0 Å². The first kappa shape index (κ1) is 17.4. The Labute approximate surface area is 150 Å². The van der Waals surface area contributed by atoms with Crippen LogP contribution in [0.15, 0.2) is 59.0 Å². The van der Waals surface area contributed by atoms with E-state index in [9.17, 15) is 14.9 Å². The molecule has 0 aliphatic rings. The molecule has 0 spiro atoms. The first-order valence-electron chi connectivity index (χ1n) is 8.24. The zero-order valence-electron chi connectivity index (χ0n) is 14.5. The third-order valence-corrected chi connectivity index (χ3v) is 4.15. The van der Waals surface area contributed by atoms with Crippen molar-refractivity contribution in [2.45, 2.75) is 20.3 Å². The minimum atomic E-state index is -0.468. The smallest absolute Gasteiger partial charge is 0.291 e. The monoisotopic (exact) mass is 350 g/mol. The highest BCUT2D eigenvalue weighted by atomic mass is 16.6. The number of para-hydroxylation sites is 1. The van der Waals surface area contributed by atoms with Gasteiger partial charge in [0.15, 0.2) is 5.76 Å². The number of benzene rings is 2. The van der Waals surface area contributed by atoms with Crippen LogP contribution >= 0.6 is 0 Å². The number of amides is 1. The van der Waals surface area contributed by atoms with Crippen LogP contribution in [0.1, 0.15) is 28.6 Å². The highest BCUT2D eigenvalue weighted by Gasteiger charge is 2.16. The zero-order valence-corrected chi connectivity index (χ0v) is 14.5. The highest BCUT2D eigenvalue weighted by molar-refractivity contribution is 6.03. The molecule has 0 aliphatic carbocycles. The van der Waals surface area contributed by atoms with E-state index < -0.39 is 4.92 Å². The van der Waals surface area contributed by atoms with Crippen LogP contribution in [0.5, 0.6) is 0 Å². The van der Waals surface area contributed by atoms with E-state index in [1.54, 1.807) is 24.3 Å². The van der Waals surface area contributed by atoms with Crippen molar-refractivity contribution >= 4 is 17.3 Å². The van der Waals surface area contributed by atoms with Crippen LogP contribution in [0.4, 0.5) is 11.4 Å². The van der Waals surface area contributed by atoms with E-state index in [0.717, 1.165) is 23.2 Å². The Bertz CT molecular complexity index is 975. The number of nitro groups is 1. The third kappa shape index (κ3) is 3.49. The van der Waals surface area contributed by atoms with Gasteiger partial charge in [0.25, 0.3) is 11.6 Å². The summed E-state index contributed by atoms with van der Waals surface area (Å²) in [5.41, 5.74) is 3.32. The van der Waals surface area contributed by atoms with Crippen molar-refractivity contribution in [3.8, 4) is 11.3 Å². The molecule has 0 radical (unpaired) electrons. The van der Waals surface area contributed by atoms with Gasteiger partial charge in [-0.2, -0.15) is 0 Å². The lowest BCUT2D eigenvalue weighted by atomic mass is 10.1. The van der Waals surface area contributed by atoms with E-state index in [1.807, 2.05) is 32.0 Å². The molecule has 132 valence electrons. The molecule has 1 heterocycles. The molecular weight excluding hydrogens is 332 g/mol. The summed E-state index contributed by atoms with van der Waals surface area (Å²) in [7, 11) is 0. The number of rotatable bonds is 5. The maximum atomic E-state index is 12.5. The summed E-state index contributed by atoms with van der Waals surface area (Å²) < 4.78 is 5.62. The van der Waals surface area contributed by atoms with Crippen LogP contribution in [-0.2, 0) is 6.42 Å². The van der Waals surface area contributed by atoms with Gasteiger partial charge in [0.05, 0.1) is 4.92 Å². The number of non-ortho nitro benzene ring substituents is 1. The van der Waals surface area contributed by atoms with Gasteiger partial charge in [0.2, 0.25) is 0 Å². The van der Waals surface area contributed by atoms with Crippen molar-refractivity contribution in [2.24, 2.45) is 0 Å². The van der Waals surface area contributed by atoms with Crippen LogP contribution in [0.3, 0.4) is 0 Å². The molecular formula is C20H18N2O4. The molecule has 1 amide bonds. The number of hydrogen-bond acceptors (Lipinski definition) is 4. The van der Waals surface area contributed by atoms with Crippen LogP contribution in [0.2, 0.25) is 0 Å². The Hall–Kier alpha value is -3.41. The lowest BCUT2D eigenvalue weighted by Gasteiger charge is -2.11. The van der Waals surface area contributed by atoms with E-state index >= 15 is 0 Å². The molecule has 0 fully saturated rings. The second kappa shape index (κ2) is 7.23.